The van der Waals surface area contributed by atoms with Crippen molar-refractivity contribution in [3.8, 4) is 5.75 Å². The standard InChI is InChI=1S/C29H46N6O9S/c1-3-17(2)25(34-27(39)24(37)14-18-6-9-20(36)10-7-18)28(40)35-22-16-21(44-45(41,42)43)11-8-19(22)15-23(35)26(38)32-12-4-5-13-33-29(30)31/h6-7,9-10,17,19,21-25,36-37H,3-5,8,11-16H2,1-2H3,(H,32,38)(H,34,39)(H4,30,31,33)(H,41,42,43)/t17-,19+,21-,22+,23+,24-,25-/m1/s1. The molecule has 0 radical (unpaired) electrons. The first-order valence-corrected chi connectivity index (χ1v) is 16.6. The summed E-state index contributed by atoms with van der Waals surface area (Å²) in [7, 11) is -4.74. The van der Waals surface area contributed by atoms with Crippen LogP contribution in [0.2, 0.25) is 0 Å². The molecule has 15 nitrogen and oxygen atoms in total. The molecule has 0 spiro atoms. The number of nitrogens with one attached hydrogen (secondary N) is 2. The molecule has 1 aromatic rings. The van der Waals surface area contributed by atoms with Crippen molar-refractivity contribution in [2.75, 3.05) is 13.1 Å². The average Bonchev–Trinajstić information content (AvgIpc) is 3.35. The van der Waals surface area contributed by atoms with Gasteiger partial charge >= 0.3 is 10.4 Å². The van der Waals surface area contributed by atoms with E-state index in [1.807, 2.05) is 6.92 Å². The Balaban J connectivity index is 1.81. The lowest BCUT2D eigenvalue weighted by Crippen LogP contribution is -2.59. The van der Waals surface area contributed by atoms with Gasteiger partial charge in [-0.2, -0.15) is 8.42 Å². The van der Waals surface area contributed by atoms with Crippen molar-refractivity contribution < 1.29 is 41.8 Å². The zero-order chi connectivity index (χ0) is 33.3. The number of carbonyl (C=O) groups excluding carboxylic acids is 3. The monoisotopic (exact) mass is 654 g/mol. The molecule has 3 amide bonds. The molecular weight excluding hydrogens is 608 g/mol. The second-order valence-electron chi connectivity index (χ2n) is 11.8. The number of unbranched alkanes of at least 4 members (excludes halogenated alkanes) is 1. The average molecular weight is 655 g/mol. The van der Waals surface area contributed by atoms with Gasteiger partial charge in [-0.25, -0.2) is 4.18 Å². The summed E-state index contributed by atoms with van der Waals surface area (Å²) >= 11 is 0. The molecule has 1 saturated heterocycles. The summed E-state index contributed by atoms with van der Waals surface area (Å²) in [5.74, 6) is -2.17. The molecule has 252 valence electrons. The topological polar surface area (TPSA) is 247 Å². The number of fused-ring (bicyclic) bond motifs is 1. The maximum Gasteiger partial charge on any atom is 0.397 e. The lowest BCUT2D eigenvalue weighted by molar-refractivity contribution is -0.146. The van der Waals surface area contributed by atoms with Crippen molar-refractivity contribution in [1.29, 1.82) is 0 Å². The van der Waals surface area contributed by atoms with Crippen LogP contribution in [-0.4, -0.2) is 95.2 Å². The van der Waals surface area contributed by atoms with Gasteiger partial charge in [-0.3, -0.25) is 23.9 Å². The summed E-state index contributed by atoms with van der Waals surface area (Å²) in [5, 5.41) is 25.7. The Hall–Kier alpha value is -3.47. The molecule has 0 unspecified atom stereocenters. The molecule has 2 fully saturated rings. The second-order valence-corrected chi connectivity index (χ2v) is 12.9. The number of benzene rings is 1. The molecule has 9 N–H and O–H groups in total. The highest BCUT2D eigenvalue weighted by Gasteiger charge is 2.51. The zero-order valence-corrected chi connectivity index (χ0v) is 26.5. The quantitative estimate of drug-likeness (QED) is 0.0572. The minimum atomic E-state index is -4.74. The zero-order valence-electron chi connectivity index (χ0n) is 25.7. The number of phenolic OH excluding ortho intramolecular Hbond substituents is 1. The van der Waals surface area contributed by atoms with Gasteiger partial charge in [-0.1, -0.05) is 32.4 Å². The van der Waals surface area contributed by atoms with E-state index in [-0.39, 0.29) is 42.3 Å². The molecule has 1 aliphatic carbocycles. The molecular formula is C29H46N6O9S. The molecule has 1 aromatic carbocycles. The summed E-state index contributed by atoms with van der Waals surface area (Å²) in [6.45, 7) is 4.34. The number of aliphatic imine (C=N–C) groups is 1. The predicted molar refractivity (Wildman–Crippen MR) is 165 cm³/mol. The number of likely N-dealkylation sites (tertiary alicyclic amines) is 1. The molecule has 1 aliphatic heterocycles. The number of aromatic hydroxyl groups is 1. The number of phenols is 1. The van der Waals surface area contributed by atoms with Crippen LogP contribution >= 0.6 is 0 Å². The second kappa shape index (κ2) is 16.2. The molecule has 1 saturated carbocycles. The van der Waals surface area contributed by atoms with Crippen LogP contribution in [0.3, 0.4) is 0 Å². The van der Waals surface area contributed by atoms with Crippen LogP contribution in [0.25, 0.3) is 0 Å². The predicted octanol–water partition coefficient (Wildman–Crippen LogP) is -0.0461. The van der Waals surface area contributed by atoms with E-state index in [9.17, 15) is 37.6 Å². The summed E-state index contributed by atoms with van der Waals surface area (Å²) in [4.78, 5) is 46.3. The summed E-state index contributed by atoms with van der Waals surface area (Å²) in [5.41, 5.74) is 11.3. The van der Waals surface area contributed by atoms with E-state index in [0.29, 0.717) is 57.2 Å². The van der Waals surface area contributed by atoms with Crippen molar-refractivity contribution in [2.45, 2.75) is 95.5 Å². The van der Waals surface area contributed by atoms with E-state index >= 15 is 0 Å². The molecule has 0 bridgehead atoms. The minimum Gasteiger partial charge on any atom is -0.508 e. The molecule has 3 rings (SSSR count). The Morgan fingerprint density at radius 1 is 1.13 bits per heavy atom. The van der Waals surface area contributed by atoms with E-state index in [2.05, 4.69) is 15.6 Å². The summed E-state index contributed by atoms with van der Waals surface area (Å²) in [6, 6.07) is 3.47. The van der Waals surface area contributed by atoms with Crippen LogP contribution in [0.1, 0.15) is 64.4 Å². The number of aliphatic hydroxyl groups is 1. The highest BCUT2D eigenvalue weighted by molar-refractivity contribution is 7.80. The van der Waals surface area contributed by atoms with Crippen LogP contribution in [0, 0.1) is 11.8 Å². The van der Waals surface area contributed by atoms with E-state index in [0.717, 1.165) is 0 Å². The fourth-order valence-corrected chi connectivity index (χ4v) is 6.56. The summed E-state index contributed by atoms with van der Waals surface area (Å²) in [6.07, 6.45) is 0.462. The van der Waals surface area contributed by atoms with Gasteiger partial charge in [-0.05, 0) is 68.1 Å². The lowest BCUT2D eigenvalue weighted by Gasteiger charge is -2.39. The maximum absolute atomic E-state index is 14.3. The van der Waals surface area contributed by atoms with Crippen molar-refractivity contribution in [2.24, 2.45) is 28.3 Å². The van der Waals surface area contributed by atoms with Crippen LogP contribution in [0.15, 0.2) is 29.3 Å². The van der Waals surface area contributed by atoms with E-state index < -0.39 is 52.5 Å². The van der Waals surface area contributed by atoms with Crippen LogP contribution in [0.4, 0.5) is 0 Å². The molecule has 0 aromatic heterocycles. The number of rotatable bonds is 15. The lowest BCUT2D eigenvalue weighted by atomic mass is 9.83. The van der Waals surface area contributed by atoms with E-state index in [1.54, 1.807) is 19.1 Å². The highest BCUT2D eigenvalue weighted by atomic mass is 32.3. The first kappa shape index (κ1) is 36.0. The number of nitrogens with zero attached hydrogens (tertiary/aromatic N) is 2. The van der Waals surface area contributed by atoms with Gasteiger partial charge in [0.25, 0.3) is 0 Å². The first-order valence-electron chi connectivity index (χ1n) is 15.3. The molecule has 45 heavy (non-hydrogen) atoms. The first-order chi connectivity index (χ1) is 21.2. The molecule has 2 aliphatic rings. The Labute approximate surface area is 263 Å². The van der Waals surface area contributed by atoms with Gasteiger partial charge in [0, 0.05) is 25.6 Å². The van der Waals surface area contributed by atoms with Gasteiger partial charge in [-0.15, -0.1) is 0 Å². The van der Waals surface area contributed by atoms with Crippen LogP contribution in [-0.2, 0) is 35.4 Å². The third-order valence-corrected chi connectivity index (χ3v) is 9.08. The smallest absolute Gasteiger partial charge is 0.397 e. The van der Waals surface area contributed by atoms with Gasteiger partial charge < -0.3 is 37.2 Å². The van der Waals surface area contributed by atoms with Gasteiger partial charge in [0.1, 0.15) is 23.9 Å². The fourth-order valence-electron chi connectivity index (χ4n) is 6.04. The van der Waals surface area contributed by atoms with Crippen molar-refractivity contribution in [3.05, 3.63) is 29.8 Å². The Morgan fingerprint density at radius 3 is 2.44 bits per heavy atom. The van der Waals surface area contributed by atoms with Gasteiger partial charge in [0.15, 0.2) is 5.96 Å². The van der Waals surface area contributed by atoms with E-state index in [1.165, 1.54) is 17.0 Å². The van der Waals surface area contributed by atoms with Crippen LogP contribution in [0.5, 0.6) is 5.75 Å². The number of hydrogen-bond donors (Lipinski definition) is 7. The summed E-state index contributed by atoms with van der Waals surface area (Å²) < 4.78 is 37.1. The largest absolute Gasteiger partial charge is 0.508 e. The van der Waals surface area contributed by atoms with Gasteiger partial charge in [0.05, 0.1) is 6.10 Å². The van der Waals surface area contributed by atoms with E-state index in [4.69, 9.17) is 15.7 Å². The number of hydrogen-bond acceptors (Lipinski definition) is 9. The fraction of sp³-hybridized carbons (Fsp3) is 0.655. The SMILES string of the molecule is CC[C@@H](C)[C@@H](NC(=O)[C@H](O)Cc1ccc(O)cc1)C(=O)N1[C@H](C(=O)NCCCCN=C(N)N)C[C@@H]2CC[C@@H](OS(=O)(=O)O)C[C@@H]21. The number of carbonyl (C=O) groups is 3. The maximum atomic E-state index is 14.3. The Bertz CT molecular complexity index is 1310. The Kier molecular flexibility index (Phi) is 13.0. The van der Waals surface area contributed by atoms with Crippen molar-refractivity contribution >= 4 is 34.1 Å². The third-order valence-electron chi connectivity index (χ3n) is 8.57. The number of aliphatic hydroxyl groups excluding tert-OH is 1. The molecule has 16 heteroatoms. The Morgan fingerprint density at radius 2 is 1.82 bits per heavy atom. The highest BCUT2D eigenvalue weighted by Crippen LogP contribution is 2.41. The molecule has 1 heterocycles. The minimum absolute atomic E-state index is 0.0196. The van der Waals surface area contributed by atoms with Crippen molar-refractivity contribution in [1.82, 2.24) is 15.5 Å². The van der Waals surface area contributed by atoms with Gasteiger partial charge in [0.2, 0.25) is 17.7 Å². The third kappa shape index (κ3) is 10.5. The molecule has 7 atom stereocenters. The normalized spacial score (nSPS) is 23.3. The number of guanidine groups is 1. The van der Waals surface area contributed by atoms with Crippen LogP contribution < -0.4 is 22.1 Å². The number of nitrogens with two attached hydrogens (primary N) is 2. The number of amides is 3. The van der Waals surface area contributed by atoms with Crippen molar-refractivity contribution in [3.63, 3.8) is 0 Å².